The van der Waals surface area contributed by atoms with Crippen LogP contribution in [-0.2, 0) is 10.0 Å². The van der Waals surface area contributed by atoms with E-state index in [1.54, 1.807) is 6.92 Å². The van der Waals surface area contributed by atoms with E-state index in [0.717, 1.165) is 25.7 Å². The van der Waals surface area contributed by atoms with Gasteiger partial charge in [0.25, 0.3) is 0 Å². The van der Waals surface area contributed by atoms with Crippen molar-refractivity contribution >= 4 is 10.0 Å². The first-order valence-electron chi connectivity index (χ1n) is 7.82. The van der Waals surface area contributed by atoms with Crippen LogP contribution in [0.2, 0.25) is 0 Å². The van der Waals surface area contributed by atoms with E-state index in [-0.39, 0.29) is 11.3 Å². The van der Waals surface area contributed by atoms with Gasteiger partial charge in [0.1, 0.15) is 0 Å². The fourth-order valence-corrected chi connectivity index (χ4v) is 3.90. The Morgan fingerprint density at radius 3 is 2.11 bits per heavy atom. The predicted molar refractivity (Wildman–Crippen MR) is 78.6 cm³/mol. The smallest absolute Gasteiger partial charge is 0.215 e. The molecule has 2 N–H and O–H groups in total. The molecule has 2 fully saturated rings. The molecule has 5 heteroatoms. The van der Waals surface area contributed by atoms with Crippen molar-refractivity contribution in [3.8, 4) is 0 Å². The molecule has 4 nitrogen and oxygen atoms in total. The molecule has 2 saturated carbocycles. The van der Waals surface area contributed by atoms with Crippen LogP contribution in [0.15, 0.2) is 0 Å². The summed E-state index contributed by atoms with van der Waals surface area (Å²) in [5.41, 5.74) is 0. The van der Waals surface area contributed by atoms with Crippen molar-refractivity contribution in [2.45, 2.75) is 82.0 Å². The van der Waals surface area contributed by atoms with Gasteiger partial charge in [-0.1, -0.05) is 32.1 Å². The van der Waals surface area contributed by atoms with Crippen LogP contribution in [0, 0.1) is 0 Å². The number of rotatable bonds is 6. The van der Waals surface area contributed by atoms with Crippen molar-refractivity contribution in [2.75, 3.05) is 6.54 Å². The zero-order chi connectivity index (χ0) is 13.7. The molecule has 112 valence electrons. The van der Waals surface area contributed by atoms with Gasteiger partial charge in [0.05, 0.1) is 5.25 Å². The van der Waals surface area contributed by atoms with Crippen LogP contribution in [0.5, 0.6) is 0 Å². The van der Waals surface area contributed by atoms with Gasteiger partial charge in [0.2, 0.25) is 10.0 Å². The second-order valence-electron chi connectivity index (χ2n) is 6.20. The molecule has 0 aromatic carbocycles. The molecule has 2 rings (SSSR count). The lowest BCUT2D eigenvalue weighted by molar-refractivity contribution is 0.424. The summed E-state index contributed by atoms with van der Waals surface area (Å²) in [5.74, 6) is 0. The van der Waals surface area contributed by atoms with Crippen LogP contribution >= 0.6 is 0 Å². The minimum absolute atomic E-state index is 0.161. The summed E-state index contributed by atoms with van der Waals surface area (Å²) in [4.78, 5) is 0. The van der Waals surface area contributed by atoms with Gasteiger partial charge in [-0.25, -0.2) is 13.1 Å². The molecule has 0 saturated heterocycles. The summed E-state index contributed by atoms with van der Waals surface area (Å²) in [6.07, 6.45) is 10.5. The third kappa shape index (κ3) is 5.40. The molecular weight excluding hydrogens is 260 g/mol. The van der Waals surface area contributed by atoms with E-state index in [2.05, 4.69) is 10.0 Å². The van der Waals surface area contributed by atoms with Gasteiger partial charge in [-0.05, 0) is 32.6 Å². The molecule has 0 aliphatic heterocycles. The molecule has 0 bridgehead atoms. The molecule has 0 spiro atoms. The van der Waals surface area contributed by atoms with E-state index in [0.29, 0.717) is 12.6 Å². The van der Waals surface area contributed by atoms with Crippen LogP contribution in [0.3, 0.4) is 0 Å². The van der Waals surface area contributed by atoms with Crippen LogP contribution in [0.4, 0.5) is 0 Å². The lowest BCUT2D eigenvalue weighted by Gasteiger charge is -2.23. The molecule has 2 aliphatic carbocycles. The first-order valence-corrected chi connectivity index (χ1v) is 9.37. The van der Waals surface area contributed by atoms with Gasteiger partial charge in [0, 0.05) is 18.6 Å². The van der Waals surface area contributed by atoms with Crippen molar-refractivity contribution in [2.24, 2.45) is 0 Å². The third-order valence-corrected chi connectivity index (χ3v) is 6.13. The van der Waals surface area contributed by atoms with Gasteiger partial charge < -0.3 is 5.32 Å². The Kier molecular flexibility index (Phi) is 5.66. The van der Waals surface area contributed by atoms with Gasteiger partial charge >= 0.3 is 0 Å². The normalized spacial score (nSPS) is 24.7. The number of nitrogens with one attached hydrogen (secondary N) is 2. The molecule has 19 heavy (non-hydrogen) atoms. The molecule has 0 aromatic heterocycles. The average Bonchev–Trinajstić information content (AvgIpc) is 3.13. The third-order valence-electron chi connectivity index (χ3n) is 4.24. The van der Waals surface area contributed by atoms with Gasteiger partial charge in [-0.15, -0.1) is 0 Å². The van der Waals surface area contributed by atoms with Crippen LogP contribution < -0.4 is 10.0 Å². The zero-order valence-corrected chi connectivity index (χ0v) is 12.8. The summed E-state index contributed by atoms with van der Waals surface area (Å²) >= 11 is 0. The molecule has 1 atom stereocenters. The van der Waals surface area contributed by atoms with E-state index in [9.17, 15) is 8.42 Å². The summed E-state index contributed by atoms with van der Waals surface area (Å²) < 4.78 is 27.5. The molecular formula is C14H28N2O2S. The second-order valence-corrected chi connectivity index (χ2v) is 8.33. The van der Waals surface area contributed by atoms with Gasteiger partial charge in [0.15, 0.2) is 0 Å². The highest BCUT2D eigenvalue weighted by Crippen LogP contribution is 2.20. The summed E-state index contributed by atoms with van der Waals surface area (Å²) in [5, 5.41) is 2.97. The van der Waals surface area contributed by atoms with E-state index in [4.69, 9.17) is 0 Å². The Morgan fingerprint density at radius 2 is 1.53 bits per heavy atom. The first-order chi connectivity index (χ1) is 9.08. The lowest BCUT2D eigenvalue weighted by Crippen LogP contribution is -2.44. The Labute approximate surface area is 117 Å². The van der Waals surface area contributed by atoms with Crippen LogP contribution in [0.25, 0.3) is 0 Å². The van der Waals surface area contributed by atoms with Gasteiger partial charge in [-0.3, -0.25) is 0 Å². The quantitative estimate of drug-likeness (QED) is 0.787. The highest BCUT2D eigenvalue weighted by molar-refractivity contribution is 7.90. The van der Waals surface area contributed by atoms with E-state index in [1.807, 2.05) is 0 Å². The average molecular weight is 288 g/mol. The molecule has 2 aliphatic rings. The fraction of sp³-hybridized carbons (Fsp3) is 1.00. The molecule has 0 aromatic rings. The molecule has 1 unspecified atom stereocenters. The molecule has 0 heterocycles. The summed E-state index contributed by atoms with van der Waals surface area (Å²) in [7, 11) is -3.17. The SMILES string of the molecule is CC(CNC1CC1)S(=O)(=O)NC1CCCCCCC1. The molecule has 0 amide bonds. The van der Waals surface area contributed by atoms with Crippen LogP contribution in [-0.4, -0.2) is 32.3 Å². The highest BCUT2D eigenvalue weighted by atomic mass is 32.2. The minimum atomic E-state index is -3.17. The predicted octanol–water partition coefficient (Wildman–Crippen LogP) is 2.16. The Balaban J connectivity index is 1.79. The van der Waals surface area contributed by atoms with Crippen molar-refractivity contribution in [3.63, 3.8) is 0 Å². The highest BCUT2D eigenvalue weighted by Gasteiger charge is 2.27. The Hall–Kier alpha value is -0.130. The number of hydrogen-bond donors (Lipinski definition) is 2. The monoisotopic (exact) mass is 288 g/mol. The topological polar surface area (TPSA) is 58.2 Å². The maximum atomic E-state index is 12.3. The first kappa shape index (κ1) is 15.3. The van der Waals surface area contributed by atoms with E-state index < -0.39 is 10.0 Å². The van der Waals surface area contributed by atoms with Crippen molar-refractivity contribution in [1.82, 2.24) is 10.0 Å². The largest absolute Gasteiger partial charge is 0.313 e. The van der Waals surface area contributed by atoms with E-state index >= 15 is 0 Å². The van der Waals surface area contributed by atoms with Crippen molar-refractivity contribution < 1.29 is 8.42 Å². The Bertz CT molecular complexity index is 358. The number of sulfonamides is 1. The van der Waals surface area contributed by atoms with Crippen molar-refractivity contribution in [1.29, 1.82) is 0 Å². The second kappa shape index (κ2) is 7.04. The van der Waals surface area contributed by atoms with Crippen molar-refractivity contribution in [3.05, 3.63) is 0 Å². The minimum Gasteiger partial charge on any atom is -0.313 e. The standard InChI is InChI=1S/C14H28N2O2S/c1-12(11-15-13-9-10-13)19(17,18)16-14-7-5-3-2-4-6-8-14/h12-16H,2-11H2,1H3. The summed E-state index contributed by atoms with van der Waals surface area (Å²) in [6.45, 7) is 2.38. The van der Waals surface area contributed by atoms with Crippen LogP contribution in [0.1, 0.15) is 64.7 Å². The summed E-state index contributed by atoms with van der Waals surface area (Å²) in [6, 6.07) is 0.729. The lowest BCUT2D eigenvalue weighted by atomic mass is 9.97. The Morgan fingerprint density at radius 1 is 0.947 bits per heavy atom. The number of hydrogen-bond acceptors (Lipinski definition) is 3. The van der Waals surface area contributed by atoms with Gasteiger partial charge in [-0.2, -0.15) is 0 Å². The molecule has 0 radical (unpaired) electrons. The maximum absolute atomic E-state index is 12.3. The fourth-order valence-electron chi connectivity index (χ4n) is 2.65. The zero-order valence-electron chi connectivity index (χ0n) is 12.0. The van der Waals surface area contributed by atoms with E-state index in [1.165, 1.54) is 32.1 Å². The maximum Gasteiger partial charge on any atom is 0.215 e.